The minimum atomic E-state index is -0.413. The van der Waals surface area contributed by atoms with Gasteiger partial charge in [0, 0.05) is 6.42 Å². The Labute approximate surface area is 116 Å². The number of nitrogens with one attached hydrogen (secondary N) is 1. The SMILES string of the molecule is CCc1cnc(CNc2ccc(C(=O)OC)cc2N)o1. The van der Waals surface area contributed by atoms with Crippen LogP contribution >= 0.6 is 0 Å². The van der Waals surface area contributed by atoms with Crippen molar-refractivity contribution in [3.8, 4) is 0 Å². The van der Waals surface area contributed by atoms with E-state index in [1.807, 2.05) is 6.92 Å². The van der Waals surface area contributed by atoms with E-state index < -0.39 is 5.97 Å². The topological polar surface area (TPSA) is 90.4 Å². The van der Waals surface area contributed by atoms with Crippen LogP contribution in [0.4, 0.5) is 11.4 Å². The lowest BCUT2D eigenvalue weighted by Crippen LogP contribution is -2.06. The highest BCUT2D eigenvalue weighted by atomic mass is 16.5. The lowest BCUT2D eigenvalue weighted by Gasteiger charge is -2.08. The first-order valence-corrected chi connectivity index (χ1v) is 6.29. The Bertz CT molecular complexity index is 607. The molecule has 1 aromatic carbocycles. The monoisotopic (exact) mass is 275 g/mol. The molecule has 0 atom stereocenters. The molecule has 0 saturated carbocycles. The van der Waals surface area contributed by atoms with Crippen LogP contribution in [0.1, 0.15) is 28.9 Å². The number of rotatable bonds is 5. The number of carbonyl (C=O) groups excluding carboxylic acids is 1. The zero-order valence-corrected chi connectivity index (χ0v) is 11.5. The van der Waals surface area contributed by atoms with Crippen LogP contribution in [0.3, 0.4) is 0 Å². The summed E-state index contributed by atoms with van der Waals surface area (Å²) in [5, 5.41) is 3.12. The minimum Gasteiger partial charge on any atom is -0.465 e. The van der Waals surface area contributed by atoms with E-state index in [1.54, 1.807) is 24.4 Å². The van der Waals surface area contributed by atoms with Crippen LogP contribution in [0.2, 0.25) is 0 Å². The van der Waals surface area contributed by atoms with Crippen LogP contribution in [0.5, 0.6) is 0 Å². The van der Waals surface area contributed by atoms with Crippen LogP contribution in [-0.2, 0) is 17.7 Å². The molecule has 3 N–H and O–H groups in total. The molecule has 0 fully saturated rings. The van der Waals surface area contributed by atoms with Gasteiger partial charge in [0.2, 0.25) is 5.89 Å². The van der Waals surface area contributed by atoms with Crippen molar-refractivity contribution < 1.29 is 13.9 Å². The third kappa shape index (κ3) is 3.09. The number of oxazole rings is 1. The fourth-order valence-corrected chi connectivity index (χ4v) is 1.73. The Morgan fingerprint density at radius 3 is 2.90 bits per heavy atom. The molecule has 0 saturated heterocycles. The number of aromatic nitrogens is 1. The quantitative estimate of drug-likeness (QED) is 0.642. The summed E-state index contributed by atoms with van der Waals surface area (Å²) >= 11 is 0. The summed E-state index contributed by atoms with van der Waals surface area (Å²) in [5.74, 6) is 1.03. The number of nitrogen functional groups attached to an aromatic ring is 1. The van der Waals surface area contributed by atoms with Gasteiger partial charge in [-0.25, -0.2) is 9.78 Å². The van der Waals surface area contributed by atoms with Crippen LogP contribution in [0, 0.1) is 0 Å². The summed E-state index contributed by atoms with van der Waals surface area (Å²) in [6.45, 7) is 2.43. The van der Waals surface area contributed by atoms with Gasteiger partial charge in [-0.1, -0.05) is 6.92 Å². The van der Waals surface area contributed by atoms with Gasteiger partial charge >= 0.3 is 5.97 Å². The second-order valence-electron chi connectivity index (χ2n) is 4.22. The molecule has 2 aromatic rings. The lowest BCUT2D eigenvalue weighted by molar-refractivity contribution is 0.0601. The predicted molar refractivity (Wildman–Crippen MR) is 75.4 cm³/mol. The highest BCUT2D eigenvalue weighted by Gasteiger charge is 2.09. The largest absolute Gasteiger partial charge is 0.465 e. The Balaban J connectivity index is 2.04. The average molecular weight is 275 g/mol. The van der Waals surface area contributed by atoms with E-state index in [2.05, 4.69) is 15.0 Å². The summed E-state index contributed by atoms with van der Waals surface area (Å²) in [6.07, 6.45) is 2.52. The van der Waals surface area contributed by atoms with Gasteiger partial charge in [-0.2, -0.15) is 0 Å². The molecule has 0 amide bonds. The highest BCUT2D eigenvalue weighted by molar-refractivity contribution is 5.91. The number of hydrogen-bond acceptors (Lipinski definition) is 6. The van der Waals surface area contributed by atoms with Crippen LogP contribution in [0.25, 0.3) is 0 Å². The molecule has 0 radical (unpaired) electrons. The van der Waals surface area contributed by atoms with Crippen molar-refractivity contribution in [1.82, 2.24) is 4.98 Å². The second-order valence-corrected chi connectivity index (χ2v) is 4.22. The second kappa shape index (κ2) is 6.10. The van der Waals surface area contributed by atoms with E-state index in [0.717, 1.165) is 12.2 Å². The minimum absolute atomic E-state index is 0.413. The molecule has 0 aliphatic rings. The normalized spacial score (nSPS) is 10.3. The van der Waals surface area contributed by atoms with Crippen molar-refractivity contribution in [3.63, 3.8) is 0 Å². The van der Waals surface area contributed by atoms with E-state index in [1.165, 1.54) is 7.11 Å². The number of carbonyl (C=O) groups is 1. The first kappa shape index (κ1) is 13.9. The van der Waals surface area contributed by atoms with Crippen LogP contribution < -0.4 is 11.1 Å². The maximum Gasteiger partial charge on any atom is 0.337 e. The Kier molecular flexibility index (Phi) is 4.24. The standard InChI is InChI=1S/C14H17N3O3/c1-3-10-7-17-13(20-10)8-16-12-5-4-9(6-11(12)15)14(18)19-2/h4-7,16H,3,8,15H2,1-2H3. The maximum atomic E-state index is 11.4. The first-order valence-electron chi connectivity index (χ1n) is 6.29. The molecular formula is C14H17N3O3. The zero-order chi connectivity index (χ0) is 14.5. The molecule has 6 nitrogen and oxygen atoms in total. The summed E-state index contributed by atoms with van der Waals surface area (Å²) in [5.41, 5.74) is 7.49. The van der Waals surface area contributed by atoms with Gasteiger partial charge in [-0.3, -0.25) is 0 Å². The Morgan fingerprint density at radius 2 is 2.30 bits per heavy atom. The fraction of sp³-hybridized carbons (Fsp3) is 0.286. The number of methoxy groups -OCH3 is 1. The summed E-state index contributed by atoms with van der Waals surface area (Å²) in [4.78, 5) is 15.5. The van der Waals surface area contributed by atoms with Crippen molar-refractivity contribution in [2.75, 3.05) is 18.2 Å². The van der Waals surface area contributed by atoms with Crippen molar-refractivity contribution in [2.45, 2.75) is 19.9 Å². The van der Waals surface area contributed by atoms with Gasteiger partial charge < -0.3 is 20.2 Å². The molecule has 2 rings (SSSR count). The van der Waals surface area contributed by atoms with Crippen molar-refractivity contribution >= 4 is 17.3 Å². The maximum absolute atomic E-state index is 11.4. The van der Waals surface area contributed by atoms with Gasteiger partial charge in [-0.15, -0.1) is 0 Å². The van der Waals surface area contributed by atoms with Gasteiger partial charge in [-0.05, 0) is 18.2 Å². The molecular weight excluding hydrogens is 258 g/mol. The van der Waals surface area contributed by atoms with Crippen molar-refractivity contribution in [1.29, 1.82) is 0 Å². The number of ether oxygens (including phenoxy) is 1. The van der Waals surface area contributed by atoms with E-state index in [9.17, 15) is 4.79 Å². The third-order valence-electron chi connectivity index (χ3n) is 2.85. The van der Waals surface area contributed by atoms with Gasteiger partial charge in [0.15, 0.2) is 0 Å². The third-order valence-corrected chi connectivity index (χ3v) is 2.85. The molecule has 0 unspecified atom stereocenters. The van der Waals surface area contributed by atoms with Crippen LogP contribution in [-0.4, -0.2) is 18.1 Å². The average Bonchev–Trinajstić information content (AvgIpc) is 2.93. The molecule has 106 valence electrons. The van der Waals surface area contributed by atoms with E-state index in [0.29, 0.717) is 29.4 Å². The predicted octanol–water partition coefficient (Wildman–Crippen LogP) is 2.22. The summed E-state index contributed by atoms with van der Waals surface area (Å²) < 4.78 is 10.1. The smallest absolute Gasteiger partial charge is 0.337 e. The van der Waals surface area contributed by atoms with Crippen molar-refractivity contribution in [3.05, 3.63) is 41.6 Å². The van der Waals surface area contributed by atoms with E-state index >= 15 is 0 Å². The van der Waals surface area contributed by atoms with Crippen LogP contribution in [0.15, 0.2) is 28.8 Å². The Morgan fingerprint density at radius 1 is 1.50 bits per heavy atom. The zero-order valence-electron chi connectivity index (χ0n) is 11.5. The van der Waals surface area contributed by atoms with Crippen molar-refractivity contribution in [2.24, 2.45) is 0 Å². The number of nitrogens with two attached hydrogens (primary N) is 1. The number of esters is 1. The molecule has 20 heavy (non-hydrogen) atoms. The van der Waals surface area contributed by atoms with E-state index in [-0.39, 0.29) is 0 Å². The molecule has 1 heterocycles. The fourth-order valence-electron chi connectivity index (χ4n) is 1.73. The van der Waals surface area contributed by atoms with Gasteiger partial charge in [0.05, 0.1) is 36.8 Å². The number of aryl methyl sites for hydroxylation is 1. The number of benzene rings is 1. The first-order chi connectivity index (χ1) is 9.63. The lowest BCUT2D eigenvalue weighted by atomic mass is 10.1. The highest BCUT2D eigenvalue weighted by Crippen LogP contribution is 2.21. The summed E-state index contributed by atoms with van der Waals surface area (Å²) in [7, 11) is 1.33. The number of hydrogen-bond donors (Lipinski definition) is 2. The molecule has 1 aromatic heterocycles. The molecule has 0 aliphatic heterocycles. The van der Waals surface area contributed by atoms with Gasteiger partial charge in [0.1, 0.15) is 5.76 Å². The van der Waals surface area contributed by atoms with Gasteiger partial charge in [0.25, 0.3) is 0 Å². The molecule has 6 heteroatoms. The van der Waals surface area contributed by atoms with E-state index in [4.69, 9.17) is 10.2 Å². The molecule has 0 bridgehead atoms. The molecule has 0 aliphatic carbocycles. The molecule has 0 spiro atoms. The number of anilines is 2. The number of nitrogens with zero attached hydrogens (tertiary/aromatic N) is 1. The summed E-state index contributed by atoms with van der Waals surface area (Å²) in [6, 6.07) is 4.95. The Hall–Kier alpha value is -2.50.